The maximum atomic E-state index is 13.3. The first-order valence-electron chi connectivity index (χ1n) is 8.15. The van der Waals surface area contributed by atoms with E-state index < -0.39 is 18.1 Å². The number of alkyl halides is 3. The molecule has 0 bridgehead atoms. The third-order valence-electron chi connectivity index (χ3n) is 3.94. The lowest BCUT2D eigenvalue weighted by atomic mass is 10.1. The van der Waals surface area contributed by atoms with Crippen LogP contribution >= 0.6 is 0 Å². The summed E-state index contributed by atoms with van der Waals surface area (Å²) in [6.45, 7) is 3.46. The van der Waals surface area contributed by atoms with E-state index >= 15 is 0 Å². The molecule has 0 aliphatic carbocycles. The lowest BCUT2D eigenvalue weighted by molar-refractivity contribution is -0.147. The lowest BCUT2D eigenvalue weighted by Crippen LogP contribution is -2.26. The number of aromatic nitrogens is 2. The van der Waals surface area contributed by atoms with Gasteiger partial charge in [0.1, 0.15) is 18.5 Å². The number of benzene rings is 2. The number of rotatable bonds is 5. The Hall–Kier alpha value is -2.54. The fourth-order valence-electron chi connectivity index (χ4n) is 2.95. The van der Waals surface area contributed by atoms with Crippen LogP contribution in [0.25, 0.3) is 11.0 Å². The Morgan fingerprint density at radius 3 is 2.42 bits per heavy atom. The summed E-state index contributed by atoms with van der Waals surface area (Å²) in [4.78, 5) is 3.66. The summed E-state index contributed by atoms with van der Waals surface area (Å²) in [7, 11) is 0. The number of halogens is 3. The normalized spacial score (nSPS) is 13.2. The second kappa shape index (κ2) is 6.99. The minimum absolute atomic E-state index is 0.118. The van der Waals surface area contributed by atoms with E-state index in [-0.39, 0.29) is 18.7 Å². The smallest absolute Gasteiger partial charge is 0.449 e. The highest BCUT2D eigenvalue weighted by Gasteiger charge is 2.37. The number of aryl methyl sites for hydroxylation is 2. The SMILES string of the molecule is Cc1cc(C)cc(OCC(O)Cn2c(C(F)(F)F)nc3ccccc32)c1. The Morgan fingerprint density at radius 2 is 1.77 bits per heavy atom. The van der Waals surface area contributed by atoms with Gasteiger partial charge in [0.05, 0.1) is 17.6 Å². The molecule has 7 heteroatoms. The molecule has 1 heterocycles. The van der Waals surface area contributed by atoms with Gasteiger partial charge in [0, 0.05) is 0 Å². The fraction of sp³-hybridized carbons (Fsp3) is 0.316. The van der Waals surface area contributed by atoms with Crippen molar-refractivity contribution in [2.24, 2.45) is 0 Å². The summed E-state index contributed by atoms with van der Waals surface area (Å²) in [5.41, 5.74) is 2.58. The van der Waals surface area contributed by atoms with Crippen LogP contribution in [0.2, 0.25) is 0 Å². The molecule has 0 aliphatic rings. The van der Waals surface area contributed by atoms with Gasteiger partial charge >= 0.3 is 6.18 Å². The van der Waals surface area contributed by atoms with Gasteiger partial charge in [-0.1, -0.05) is 18.2 Å². The molecule has 4 nitrogen and oxygen atoms in total. The van der Waals surface area contributed by atoms with Gasteiger partial charge in [-0.25, -0.2) is 4.98 Å². The van der Waals surface area contributed by atoms with E-state index in [1.807, 2.05) is 32.0 Å². The average molecular weight is 364 g/mol. The molecular weight excluding hydrogens is 345 g/mol. The van der Waals surface area contributed by atoms with Crippen LogP contribution in [0.1, 0.15) is 17.0 Å². The minimum atomic E-state index is -4.60. The monoisotopic (exact) mass is 364 g/mol. The van der Waals surface area contributed by atoms with Crippen LogP contribution < -0.4 is 4.74 Å². The Morgan fingerprint density at radius 1 is 1.12 bits per heavy atom. The van der Waals surface area contributed by atoms with Gasteiger partial charge in [-0.3, -0.25) is 0 Å². The van der Waals surface area contributed by atoms with Crippen LogP contribution in [0.3, 0.4) is 0 Å². The predicted octanol–water partition coefficient (Wildman–Crippen LogP) is 4.11. The van der Waals surface area contributed by atoms with Crippen LogP contribution in [0.4, 0.5) is 13.2 Å². The molecule has 1 aromatic heterocycles. The van der Waals surface area contributed by atoms with Crippen molar-refractivity contribution in [2.75, 3.05) is 6.61 Å². The van der Waals surface area contributed by atoms with E-state index in [9.17, 15) is 18.3 Å². The van der Waals surface area contributed by atoms with Gasteiger partial charge in [-0.2, -0.15) is 13.2 Å². The van der Waals surface area contributed by atoms with Crippen LogP contribution in [0.15, 0.2) is 42.5 Å². The number of aliphatic hydroxyl groups excluding tert-OH is 1. The molecular formula is C19H19F3N2O2. The van der Waals surface area contributed by atoms with Crippen molar-refractivity contribution in [3.8, 4) is 5.75 Å². The Kier molecular flexibility index (Phi) is 4.91. The van der Waals surface area contributed by atoms with Crippen molar-refractivity contribution in [3.63, 3.8) is 0 Å². The minimum Gasteiger partial charge on any atom is -0.491 e. The summed E-state index contributed by atoms with van der Waals surface area (Å²) in [6, 6.07) is 11.9. The third kappa shape index (κ3) is 3.99. The van der Waals surface area contributed by atoms with Crippen molar-refractivity contribution in [1.29, 1.82) is 0 Å². The topological polar surface area (TPSA) is 47.3 Å². The van der Waals surface area contributed by atoms with Gasteiger partial charge in [-0.15, -0.1) is 0 Å². The van der Waals surface area contributed by atoms with Crippen molar-refractivity contribution in [1.82, 2.24) is 9.55 Å². The molecule has 26 heavy (non-hydrogen) atoms. The van der Waals surface area contributed by atoms with E-state index in [1.54, 1.807) is 18.2 Å². The molecule has 0 radical (unpaired) electrons. The first-order valence-corrected chi connectivity index (χ1v) is 8.15. The third-order valence-corrected chi connectivity index (χ3v) is 3.94. The first kappa shape index (κ1) is 18.3. The van der Waals surface area contributed by atoms with E-state index in [2.05, 4.69) is 4.98 Å². The average Bonchev–Trinajstić information content (AvgIpc) is 2.91. The Balaban J connectivity index is 1.79. The standard InChI is InChI=1S/C19H19F3N2O2/c1-12-7-13(2)9-15(8-12)26-11-14(25)10-24-17-6-4-3-5-16(17)23-18(24)19(20,21)22/h3-9,14,25H,10-11H2,1-2H3. The summed E-state index contributed by atoms with van der Waals surface area (Å²) in [5.74, 6) is -0.447. The van der Waals surface area contributed by atoms with E-state index in [1.165, 1.54) is 6.07 Å². The van der Waals surface area contributed by atoms with Gasteiger partial charge < -0.3 is 14.4 Å². The highest BCUT2D eigenvalue weighted by molar-refractivity contribution is 5.76. The molecule has 0 amide bonds. The second-order valence-corrected chi connectivity index (χ2v) is 6.32. The second-order valence-electron chi connectivity index (χ2n) is 6.32. The molecule has 3 rings (SSSR count). The van der Waals surface area contributed by atoms with Crippen molar-refractivity contribution < 1.29 is 23.0 Å². The lowest BCUT2D eigenvalue weighted by Gasteiger charge is -2.17. The van der Waals surface area contributed by atoms with Gasteiger partial charge in [0.15, 0.2) is 0 Å². The number of aliphatic hydroxyl groups is 1. The molecule has 1 N–H and O–H groups in total. The molecule has 0 spiro atoms. The zero-order valence-corrected chi connectivity index (χ0v) is 14.4. The van der Waals surface area contributed by atoms with E-state index in [0.29, 0.717) is 11.3 Å². The highest BCUT2D eigenvalue weighted by atomic mass is 19.4. The number of hydrogen-bond donors (Lipinski definition) is 1. The molecule has 3 aromatic rings. The molecule has 2 aromatic carbocycles. The highest BCUT2D eigenvalue weighted by Crippen LogP contribution is 2.31. The number of imidazole rings is 1. The largest absolute Gasteiger partial charge is 0.491 e. The number of ether oxygens (including phenoxy) is 1. The van der Waals surface area contributed by atoms with Gasteiger partial charge in [0.2, 0.25) is 5.82 Å². The predicted molar refractivity (Wildman–Crippen MR) is 92.2 cm³/mol. The maximum absolute atomic E-state index is 13.3. The van der Waals surface area contributed by atoms with Gasteiger partial charge in [0.25, 0.3) is 0 Å². The molecule has 0 aliphatic heterocycles. The number of para-hydroxylation sites is 2. The maximum Gasteiger partial charge on any atom is 0.449 e. The van der Waals surface area contributed by atoms with E-state index in [4.69, 9.17) is 4.74 Å². The van der Waals surface area contributed by atoms with Crippen molar-refractivity contribution in [2.45, 2.75) is 32.7 Å². The number of nitrogens with zero attached hydrogens (tertiary/aromatic N) is 2. The van der Waals surface area contributed by atoms with Crippen molar-refractivity contribution >= 4 is 11.0 Å². The summed E-state index contributed by atoms with van der Waals surface area (Å²) < 4.78 is 46.4. The van der Waals surface area contributed by atoms with Crippen molar-refractivity contribution in [3.05, 3.63) is 59.4 Å². The molecule has 138 valence electrons. The molecule has 0 saturated carbocycles. The van der Waals surface area contributed by atoms with E-state index in [0.717, 1.165) is 15.7 Å². The molecule has 0 saturated heterocycles. The summed E-state index contributed by atoms with van der Waals surface area (Å²) in [5, 5.41) is 10.2. The first-order chi connectivity index (χ1) is 12.2. The zero-order chi connectivity index (χ0) is 18.9. The number of fused-ring (bicyclic) bond motifs is 1. The quantitative estimate of drug-likeness (QED) is 0.741. The van der Waals surface area contributed by atoms with Crippen LogP contribution in [0.5, 0.6) is 5.75 Å². The molecule has 1 unspecified atom stereocenters. The summed E-state index contributed by atoms with van der Waals surface area (Å²) >= 11 is 0. The van der Waals surface area contributed by atoms with Gasteiger partial charge in [-0.05, 0) is 49.2 Å². The van der Waals surface area contributed by atoms with Crippen LogP contribution in [-0.4, -0.2) is 27.4 Å². The molecule has 0 fully saturated rings. The zero-order valence-electron chi connectivity index (χ0n) is 14.4. The Labute approximate surface area is 148 Å². The van der Waals surface area contributed by atoms with Crippen LogP contribution in [0, 0.1) is 13.8 Å². The Bertz CT molecular complexity index is 899. The fourth-order valence-corrected chi connectivity index (χ4v) is 2.95. The van der Waals surface area contributed by atoms with Crippen LogP contribution in [-0.2, 0) is 12.7 Å². The molecule has 1 atom stereocenters. The number of hydrogen-bond acceptors (Lipinski definition) is 3. The summed E-state index contributed by atoms with van der Waals surface area (Å²) in [6.07, 6.45) is -5.72.